The molecule has 0 radical (unpaired) electrons. The standard InChI is InChI=1S/C30H37N3O5/c1-19-11-14-25(20(2)17-19)26(27(35)32-24-13-12-22-9-7-8-10-23(22)18-24)33(15-16-34)28(36)21(3)31-29(37)38-30(4,5)6/h7-14,17-18,21,26,34H,15-16H2,1-6H3,(H,31,37)(H,32,35). The van der Waals surface area contributed by atoms with Crippen molar-refractivity contribution in [2.45, 2.75) is 59.2 Å². The van der Waals surface area contributed by atoms with Gasteiger partial charge in [0.25, 0.3) is 5.91 Å². The molecule has 0 aliphatic heterocycles. The van der Waals surface area contributed by atoms with Gasteiger partial charge in [-0.3, -0.25) is 9.59 Å². The summed E-state index contributed by atoms with van der Waals surface area (Å²) in [4.78, 5) is 41.1. The number of aliphatic hydroxyl groups excluding tert-OH is 1. The predicted molar refractivity (Wildman–Crippen MR) is 149 cm³/mol. The highest BCUT2D eigenvalue weighted by molar-refractivity contribution is 6.00. The van der Waals surface area contributed by atoms with E-state index in [1.807, 2.05) is 74.5 Å². The van der Waals surface area contributed by atoms with E-state index >= 15 is 0 Å². The summed E-state index contributed by atoms with van der Waals surface area (Å²) in [5.41, 5.74) is 2.31. The number of carbonyl (C=O) groups excluding carboxylic acids is 3. The summed E-state index contributed by atoms with van der Waals surface area (Å²) in [6.45, 7) is 10.1. The van der Waals surface area contributed by atoms with Crippen LogP contribution in [0.5, 0.6) is 0 Å². The minimum Gasteiger partial charge on any atom is -0.444 e. The second-order valence-corrected chi connectivity index (χ2v) is 10.4. The largest absolute Gasteiger partial charge is 0.444 e. The Kier molecular flexibility index (Phi) is 9.12. The molecule has 3 aromatic rings. The van der Waals surface area contributed by atoms with Crippen molar-refractivity contribution in [1.29, 1.82) is 0 Å². The molecule has 0 aliphatic carbocycles. The number of carbonyl (C=O) groups is 3. The van der Waals surface area contributed by atoms with Gasteiger partial charge in [0.2, 0.25) is 5.91 Å². The van der Waals surface area contributed by atoms with Crippen LogP contribution in [0.4, 0.5) is 10.5 Å². The molecule has 202 valence electrons. The molecule has 3 aromatic carbocycles. The first-order valence-corrected chi connectivity index (χ1v) is 12.7. The summed E-state index contributed by atoms with van der Waals surface area (Å²) in [5.74, 6) is -0.956. The number of amides is 3. The number of benzene rings is 3. The lowest BCUT2D eigenvalue weighted by Gasteiger charge is -2.34. The van der Waals surface area contributed by atoms with Gasteiger partial charge in [0.15, 0.2) is 0 Å². The second-order valence-electron chi connectivity index (χ2n) is 10.4. The van der Waals surface area contributed by atoms with Crippen LogP contribution in [0.3, 0.4) is 0 Å². The number of aryl methyl sites for hydroxylation is 2. The summed E-state index contributed by atoms with van der Waals surface area (Å²) < 4.78 is 5.29. The predicted octanol–water partition coefficient (Wildman–Crippen LogP) is 4.87. The number of nitrogens with one attached hydrogen (secondary N) is 2. The van der Waals surface area contributed by atoms with Crippen molar-refractivity contribution in [2.75, 3.05) is 18.5 Å². The van der Waals surface area contributed by atoms with Gasteiger partial charge >= 0.3 is 6.09 Å². The lowest BCUT2D eigenvalue weighted by atomic mass is 9.96. The Hall–Kier alpha value is -3.91. The number of nitrogens with zero attached hydrogens (tertiary/aromatic N) is 1. The van der Waals surface area contributed by atoms with E-state index < -0.39 is 35.6 Å². The third-order valence-corrected chi connectivity index (χ3v) is 6.02. The van der Waals surface area contributed by atoms with E-state index in [0.29, 0.717) is 11.3 Å². The highest BCUT2D eigenvalue weighted by atomic mass is 16.6. The number of aliphatic hydroxyl groups is 1. The monoisotopic (exact) mass is 519 g/mol. The molecule has 0 heterocycles. The van der Waals surface area contributed by atoms with Gasteiger partial charge in [-0.25, -0.2) is 4.79 Å². The summed E-state index contributed by atoms with van der Waals surface area (Å²) in [6.07, 6.45) is -0.744. The topological polar surface area (TPSA) is 108 Å². The highest BCUT2D eigenvalue weighted by Crippen LogP contribution is 2.28. The van der Waals surface area contributed by atoms with Crippen molar-refractivity contribution in [3.05, 3.63) is 77.4 Å². The number of hydrogen-bond donors (Lipinski definition) is 3. The molecule has 2 unspecified atom stereocenters. The Labute approximate surface area is 224 Å². The van der Waals surface area contributed by atoms with Crippen molar-refractivity contribution in [2.24, 2.45) is 0 Å². The Morgan fingerprint density at radius 2 is 1.66 bits per heavy atom. The minimum atomic E-state index is -1.05. The molecule has 0 aliphatic rings. The quantitative estimate of drug-likeness (QED) is 0.394. The first-order chi connectivity index (χ1) is 17.9. The van der Waals surface area contributed by atoms with Crippen LogP contribution in [0.25, 0.3) is 10.8 Å². The average molecular weight is 520 g/mol. The van der Waals surface area contributed by atoms with Gasteiger partial charge < -0.3 is 25.4 Å². The third kappa shape index (κ3) is 7.32. The molecule has 0 aromatic heterocycles. The fourth-order valence-electron chi connectivity index (χ4n) is 4.33. The Morgan fingerprint density at radius 3 is 2.29 bits per heavy atom. The molecule has 2 atom stereocenters. The maximum absolute atomic E-state index is 13.8. The maximum atomic E-state index is 13.8. The molecule has 8 heteroatoms. The van der Waals surface area contributed by atoms with E-state index in [4.69, 9.17) is 4.74 Å². The first kappa shape index (κ1) is 28.7. The van der Waals surface area contributed by atoms with E-state index in [-0.39, 0.29) is 13.2 Å². The molecule has 8 nitrogen and oxygen atoms in total. The zero-order chi connectivity index (χ0) is 28.0. The summed E-state index contributed by atoms with van der Waals surface area (Å²) in [6, 6.07) is 17.0. The van der Waals surface area contributed by atoms with Gasteiger partial charge in [-0.15, -0.1) is 0 Å². The smallest absolute Gasteiger partial charge is 0.408 e. The van der Waals surface area contributed by atoms with Crippen LogP contribution in [-0.4, -0.2) is 52.7 Å². The van der Waals surface area contributed by atoms with Gasteiger partial charge in [-0.2, -0.15) is 0 Å². The number of anilines is 1. The molecule has 3 amide bonds. The van der Waals surface area contributed by atoms with Crippen LogP contribution in [0.1, 0.15) is 50.4 Å². The third-order valence-electron chi connectivity index (χ3n) is 6.02. The zero-order valence-electron chi connectivity index (χ0n) is 22.9. The summed E-state index contributed by atoms with van der Waals surface area (Å²) in [7, 11) is 0. The first-order valence-electron chi connectivity index (χ1n) is 12.7. The van der Waals surface area contributed by atoms with Crippen LogP contribution < -0.4 is 10.6 Å². The summed E-state index contributed by atoms with van der Waals surface area (Å²) in [5, 5.41) is 17.4. The minimum absolute atomic E-state index is 0.109. The molecular weight excluding hydrogens is 482 g/mol. The molecule has 0 saturated heterocycles. The molecule has 0 bridgehead atoms. The Bertz CT molecular complexity index is 1310. The van der Waals surface area contributed by atoms with Gasteiger partial charge in [0.1, 0.15) is 17.7 Å². The fraction of sp³-hybridized carbons (Fsp3) is 0.367. The van der Waals surface area contributed by atoms with Crippen molar-refractivity contribution in [1.82, 2.24) is 10.2 Å². The second kappa shape index (κ2) is 12.1. The van der Waals surface area contributed by atoms with E-state index in [1.54, 1.807) is 20.8 Å². The van der Waals surface area contributed by atoms with Crippen molar-refractivity contribution < 1.29 is 24.2 Å². The Morgan fingerprint density at radius 1 is 0.974 bits per heavy atom. The van der Waals surface area contributed by atoms with E-state index in [1.165, 1.54) is 11.8 Å². The number of ether oxygens (including phenoxy) is 1. The Balaban J connectivity index is 1.97. The summed E-state index contributed by atoms with van der Waals surface area (Å²) >= 11 is 0. The van der Waals surface area contributed by atoms with Crippen molar-refractivity contribution in [3.63, 3.8) is 0 Å². The van der Waals surface area contributed by atoms with Gasteiger partial charge in [0.05, 0.1) is 6.61 Å². The number of alkyl carbamates (subject to hydrolysis) is 1. The lowest BCUT2D eigenvalue weighted by Crippen LogP contribution is -2.52. The van der Waals surface area contributed by atoms with Crippen LogP contribution in [-0.2, 0) is 14.3 Å². The molecule has 3 rings (SSSR count). The van der Waals surface area contributed by atoms with Gasteiger partial charge in [-0.05, 0) is 75.6 Å². The molecular formula is C30H37N3O5. The van der Waals surface area contributed by atoms with Crippen LogP contribution in [0, 0.1) is 13.8 Å². The van der Waals surface area contributed by atoms with Crippen LogP contribution in [0.2, 0.25) is 0 Å². The molecule has 38 heavy (non-hydrogen) atoms. The molecule has 3 N–H and O–H groups in total. The van der Waals surface area contributed by atoms with Crippen LogP contribution >= 0.6 is 0 Å². The maximum Gasteiger partial charge on any atom is 0.408 e. The number of rotatable bonds is 8. The lowest BCUT2D eigenvalue weighted by molar-refractivity contribution is -0.141. The van der Waals surface area contributed by atoms with Crippen molar-refractivity contribution in [3.8, 4) is 0 Å². The normalized spacial score (nSPS) is 12.9. The molecule has 0 spiro atoms. The van der Waals surface area contributed by atoms with E-state index in [9.17, 15) is 19.5 Å². The fourth-order valence-corrected chi connectivity index (χ4v) is 4.33. The van der Waals surface area contributed by atoms with E-state index in [0.717, 1.165) is 21.9 Å². The van der Waals surface area contributed by atoms with E-state index in [2.05, 4.69) is 10.6 Å². The highest BCUT2D eigenvalue weighted by Gasteiger charge is 2.35. The zero-order valence-corrected chi connectivity index (χ0v) is 22.9. The molecule has 0 fully saturated rings. The van der Waals surface area contributed by atoms with Crippen molar-refractivity contribution >= 4 is 34.4 Å². The molecule has 0 saturated carbocycles. The number of hydrogen-bond acceptors (Lipinski definition) is 5. The van der Waals surface area contributed by atoms with Gasteiger partial charge in [0, 0.05) is 12.2 Å². The van der Waals surface area contributed by atoms with Crippen LogP contribution in [0.15, 0.2) is 60.7 Å². The van der Waals surface area contributed by atoms with Gasteiger partial charge in [-0.1, -0.05) is 54.1 Å². The number of fused-ring (bicyclic) bond motifs is 1. The average Bonchev–Trinajstić information content (AvgIpc) is 2.83. The SMILES string of the molecule is Cc1ccc(C(C(=O)Nc2ccc3ccccc3c2)N(CCO)C(=O)C(C)NC(=O)OC(C)(C)C)c(C)c1.